The molecule has 20 nitrogen and oxygen atoms in total. The van der Waals surface area contributed by atoms with E-state index in [4.69, 9.17) is 31.0 Å². The van der Waals surface area contributed by atoms with Crippen molar-refractivity contribution in [3.63, 3.8) is 0 Å². The Hall–Kier alpha value is 0.968. The van der Waals surface area contributed by atoms with Gasteiger partial charge < -0.3 is 70.8 Å². The monoisotopic (exact) mass is 670 g/mol. The molecule has 0 rings (SSSR count). The smallest absolute Gasteiger partial charge is 0.714 e. The number of nitrogens with two attached hydrogens (primary N) is 2. The minimum absolute atomic E-state index is 0. The Balaban J connectivity index is -0.000000159. The predicted molar refractivity (Wildman–Crippen MR) is 63.1 cm³/mol. The second-order valence-electron chi connectivity index (χ2n) is 3.08. The molecule has 0 radical (unpaired) electrons. The van der Waals surface area contributed by atoms with Gasteiger partial charge in [-0.25, -0.2) is 24.4 Å². The van der Waals surface area contributed by atoms with Crippen molar-refractivity contribution in [3.05, 3.63) is 6.17 Å². The summed E-state index contributed by atoms with van der Waals surface area (Å²) in [6, 6.07) is 0. The Labute approximate surface area is 163 Å². The second kappa shape index (κ2) is 15.8. The molecule has 0 aromatic carbocycles. The van der Waals surface area contributed by atoms with Crippen LogP contribution in [-0.4, -0.2) is 19.6 Å². The third kappa shape index (κ3) is 27.0. The van der Waals surface area contributed by atoms with Crippen LogP contribution < -0.4 is 32.5 Å². The van der Waals surface area contributed by atoms with Crippen LogP contribution >= 0.6 is 31.3 Å². The van der Waals surface area contributed by atoms with Crippen molar-refractivity contribution in [1.29, 1.82) is 0 Å². The van der Waals surface area contributed by atoms with Crippen LogP contribution in [0.25, 0.3) is 0 Å². The average Bonchev–Trinajstić information content (AvgIpc) is 2.45. The molecule has 0 aliphatic rings. The summed E-state index contributed by atoms with van der Waals surface area (Å²) < 4.78 is 56.0. The molecule has 27 heavy (non-hydrogen) atoms. The molecule has 0 saturated heterocycles. The van der Waals surface area contributed by atoms with Crippen LogP contribution in [0.5, 0.6) is 0 Å². The van der Waals surface area contributed by atoms with Crippen molar-refractivity contribution >= 4 is 31.3 Å². The summed E-state index contributed by atoms with van der Waals surface area (Å²) in [4.78, 5) is 32.1. The predicted octanol–water partition coefficient (Wildman–Crippen LogP) is -5.01. The van der Waals surface area contributed by atoms with Gasteiger partial charge in [0.05, 0.1) is 0 Å². The molecule has 0 fully saturated rings. The van der Waals surface area contributed by atoms with Crippen LogP contribution in [0.3, 0.4) is 0 Å². The van der Waals surface area contributed by atoms with Gasteiger partial charge in [0.25, 0.3) is 0 Å². The summed E-state index contributed by atoms with van der Waals surface area (Å²) in [5, 5.41) is 36.9. The van der Waals surface area contributed by atoms with E-state index in [2.05, 4.69) is 27.3 Å². The van der Waals surface area contributed by atoms with E-state index in [0.717, 1.165) is 0 Å². The largest absolute Gasteiger partial charge is 4.00 e. The first-order valence-electron chi connectivity index (χ1n) is 4.73. The number of hydrogen-bond donors (Lipinski definition) is 6. The summed E-state index contributed by atoms with van der Waals surface area (Å²) in [5.74, 6) is 0. The van der Waals surface area contributed by atoms with Gasteiger partial charge in [-0.05, 0) is 0 Å². The maximum atomic E-state index is 10.0. The zero-order valence-corrected chi connectivity index (χ0v) is 18.1. The summed E-state index contributed by atoms with van der Waals surface area (Å²) in [6.45, 7) is 1.64. The molecule has 4 unspecified atom stereocenters. The minimum atomic E-state index is -5.21. The van der Waals surface area contributed by atoms with E-state index in [9.17, 15) is 39.3 Å². The summed E-state index contributed by atoms with van der Waals surface area (Å²) in [7, 11) is -20.8. The molecule has 4 atom stereocenters. The fourth-order valence-electron chi connectivity index (χ4n) is 0.315. The van der Waals surface area contributed by atoms with Crippen LogP contribution in [0.2, 0.25) is 0 Å². The van der Waals surface area contributed by atoms with Gasteiger partial charge in [0.15, 0.2) is 0 Å². The third-order valence-electron chi connectivity index (χ3n) is 0.789. The standard InChI is InChI=1S/C2H7N2.2H4O9P2.Pt/c1-2(3)4;2*1-7-10(3,4)9-11(5,6)8-2;/h3-4H2,1H3;2*1-2H,(H,3,4)(H,5,6);/q-1;;;+4/p-4. The summed E-state index contributed by atoms with van der Waals surface area (Å²) in [6.07, 6.45) is 0.417. The van der Waals surface area contributed by atoms with Gasteiger partial charge in [-0.1, -0.05) is 0 Å². The van der Waals surface area contributed by atoms with E-state index in [0.29, 0.717) is 6.17 Å². The van der Waals surface area contributed by atoms with Crippen LogP contribution in [0, 0.1) is 6.17 Å². The molecule has 0 saturated carbocycles. The number of rotatable bonds is 8. The Kier molecular flexibility index (Phi) is 20.7. The number of hydrogen-bond acceptors (Lipinski definition) is 16. The Morgan fingerprint density at radius 1 is 0.667 bits per heavy atom. The fourth-order valence-corrected chi connectivity index (χ4v) is 2.84. The molecule has 25 heteroatoms. The van der Waals surface area contributed by atoms with Gasteiger partial charge in [-0.3, -0.25) is 0 Å². The average molecular weight is 670 g/mol. The van der Waals surface area contributed by atoms with Gasteiger partial charge in [0.2, 0.25) is 0 Å². The normalized spacial score (nSPS) is 19.4. The molecule has 0 heterocycles. The quantitative estimate of drug-likeness (QED) is 0.0609. The first kappa shape index (κ1) is 35.4. The molecule has 0 aromatic heterocycles. The minimum Gasteiger partial charge on any atom is -0.714 e. The molecule has 168 valence electrons. The van der Waals surface area contributed by atoms with Crippen LogP contribution in [0.4, 0.5) is 0 Å². The maximum Gasteiger partial charge on any atom is 4.00 e. The molecular weight excluding hydrogens is 659 g/mol. The van der Waals surface area contributed by atoms with E-state index >= 15 is 0 Å². The van der Waals surface area contributed by atoms with Crippen LogP contribution in [0.1, 0.15) is 6.92 Å². The van der Waals surface area contributed by atoms with Gasteiger partial charge >= 0.3 is 52.4 Å². The van der Waals surface area contributed by atoms with Crippen LogP contribution in [0.15, 0.2) is 0 Å². The maximum absolute atomic E-state index is 10.0. The van der Waals surface area contributed by atoms with Crippen molar-refractivity contribution in [2.45, 2.75) is 6.92 Å². The van der Waals surface area contributed by atoms with Gasteiger partial charge in [-0.15, -0.1) is 0 Å². The Bertz CT molecular complexity index is 473. The molecule has 0 aliphatic carbocycles. The van der Waals surface area contributed by atoms with E-state index in [1.807, 2.05) is 0 Å². The molecule has 0 aliphatic heterocycles. The van der Waals surface area contributed by atoms with Crippen molar-refractivity contribution in [2.24, 2.45) is 11.5 Å². The summed E-state index contributed by atoms with van der Waals surface area (Å²) in [5.41, 5.74) is 9.61. The van der Waals surface area contributed by atoms with E-state index < -0.39 is 31.3 Å². The Morgan fingerprint density at radius 2 is 0.778 bits per heavy atom. The molecule has 0 spiro atoms. The van der Waals surface area contributed by atoms with Crippen molar-refractivity contribution in [2.75, 3.05) is 0 Å². The second-order valence-corrected chi connectivity index (χ2v) is 8.73. The zero-order chi connectivity index (χ0) is 21.8. The van der Waals surface area contributed by atoms with E-state index in [-0.39, 0.29) is 21.1 Å². The Morgan fingerprint density at radius 3 is 0.852 bits per heavy atom. The van der Waals surface area contributed by atoms with Crippen molar-refractivity contribution in [1.82, 2.24) is 0 Å². The molecule has 0 bridgehead atoms. The fraction of sp³-hybridized carbons (Fsp3) is 0.500. The molecule has 8 N–H and O–H groups in total. The van der Waals surface area contributed by atoms with Gasteiger partial charge in [-0.2, -0.15) is 15.5 Å². The van der Waals surface area contributed by atoms with Gasteiger partial charge in [0.1, 0.15) is 0 Å². The van der Waals surface area contributed by atoms with Crippen molar-refractivity contribution in [3.8, 4) is 0 Å². The van der Waals surface area contributed by atoms with E-state index in [1.54, 1.807) is 6.92 Å². The molecule has 0 aromatic rings. The first-order chi connectivity index (χ1) is 11.4. The summed E-state index contributed by atoms with van der Waals surface area (Å²) >= 11 is 0. The molecule has 0 amide bonds. The topological polar surface area (TPSA) is 349 Å². The first-order valence-corrected chi connectivity index (χ1v) is 10.7. The van der Waals surface area contributed by atoms with Crippen LogP contribution in [-0.2, 0) is 66.6 Å². The third-order valence-corrected chi connectivity index (χ3v) is 4.84. The van der Waals surface area contributed by atoms with E-state index in [1.165, 1.54) is 0 Å². The number of phosphoric acid groups is 4. The SMILES string of the molecule is C[C-](N)N.O=P(O)(O[O-])OP(=O)(O)O[O-].O=P(O)(O[O-])OP(=O)(O)O[O-].[Pt+4]. The zero-order valence-electron chi connectivity index (χ0n) is 12.3. The molecular formula is C2H11N2O18P4Pt-. The van der Waals surface area contributed by atoms with Gasteiger partial charge in [0, 0.05) is 0 Å². The van der Waals surface area contributed by atoms with Crippen molar-refractivity contribution < 1.29 is 107 Å².